The summed E-state index contributed by atoms with van der Waals surface area (Å²) in [5, 5.41) is 5.06. The number of carbonyl (C=O) groups excluding carboxylic acids is 2. The van der Waals surface area contributed by atoms with Crippen LogP contribution in [0.3, 0.4) is 0 Å². The van der Waals surface area contributed by atoms with Gasteiger partial charge in [0.2, 0.25) is 11.8 Å². The molecule has 2 saturated heterocycles. The molecule has 2 aliphatic rings. The molecule has 2 N–H and O–H groups in total. The van der Waals surface area contributed by atoms with Gasteiger partial charge in [-0.25, -0.2) is 33.3 Å². The standard InChI is InChI=1S/C25H35F2N9O4/c1-4-39-21-13-29-20(12-30-21)32-23(37)35(3)18-15-36(11-8-25(18,26)27)22-28-9-7-19(31-22)33-24(38)40-16-17-6-5-10-34(2)14-17/h7,9,12-13,17-18H,4-6,8,10-11,14-16H2,1-3H3,(H,29,32,37)(H,28,31,33,38)/t17-,18-/m0/s1. The van der Waals surface area contributed by atoms with Crippen LogP contribution in [0.5, 0.6) is 5.88 Å². The summed E-state index contributed by atoms with van der Waals surface area (Å²) in [5.41, 5.74) is 0. The van der Waals surface area contributed by atoms with Gasteiger partial charge in [0.15, 0.2) is 5.82 Å². The van der Waals surface area contributed by atoms with Gasteiger partial charge in [0.1, 0.15) is 11.9 Å². The fraction of sp³-hybridized carbons (Fsp3) is 0.600. The third kappa shape index (κ3) is 7.61. The summed E-state index contributed by atoms with van der Waals surface area (Å²) in [6.45, 7) is 4.14. The average Bonchev–Trinajstić information content (AvgIpc) is 2.93. The Morgan fingerprint density at radius 1 is 1.15 bits per heavy atom. The topological polar surface area (TPSA) is 138 Å². The molecule has 0 saturated carbocycles. The van der Waals surface area contributed by atoms with Crippen LogP contribution in [-0.2, 0) is 4.74 Å². The summed E-state index contributed by atoms with van der Waals surface area (Å²) in [6, 6.07) is -0.754. The highest BCUT2D eigenvalue weighted by Crippen LogP contribution is 2.33. The number of likely N-dealkylation sites (N-methyl/N-ethyl adjacent to an activating group) is 1. The van der Waals surface area contributed by atoms with E-state index in [0.29, 0.717) is 13.2 Å². The summed E-state index contributed by atoms with van der Waals surface area (Å²) in [4.78, 5) is 46.4. The van der Waals surface area contributed by atoms with Crippen molar-refractivity contribution >= 4 is 29.7 Å². The number of ether oxygens (including phenoxy) is 2. The van der Waals surface area contributed by atoms with Crippen molar-refractivity contribution in [3.8, 4) is 5.88 Å². The molecule has 0 spiro atoms. The molecule has 0 unspecified atom stereocenters. The number of halogens is 2. The molecule has 218 valence electrons. The van der Waals surface area contributed by atoms with E-state index < -0.39 is 30.5 Å². The van der Waals surface area contributed by atoms with Crippen molar-refractivity contribution in [2.75, 3.05) is 69.0 Å². The highest BCUT2D eigenvalue weighted by molar-refractivity contribution is 5.88. The number of piperidine rings is 2. The van der Waals surface area contributed by atoms with Gasteiger partial charge in [0.05, 0.1) is 25.6 Å². The molecule has 2 fully saturated rings. The fourth-order valence-corrected chi connectivity index (χ4v) is 4.73. The lowest BCUT2D eigenvalue weighted by Crippen LogP contribution is -2.60. The maximum Gasteiger partial charge on any atom is 0.412 e. The molecule has 4 heterocycles. The lowest BCUT2D eigenvalue weighted by Gasteiger charge is -2.42. The second-order valence-electron chi connectivity index (χ2n) is 9.92. The van der Waals surface area contributed by atoms with Gasteiger partial charge in [-0.3, -0.25) is 10.6 Å². The Bertz CT molecular complexity index is 1160. The molecule has 0 aromatic carbocycles. The van der Waals surface area contributed by atoms with Crippen molar-refractivity contribution in [2.45, 2.75) is 38.2 Å². The fourth-order valence-electron chi connectivity index (χ4n) is 4.73. The minimum absolute atomic E-state index is 0.0353. The van der Waals surface area contributed by atoms with Crippen LogP contribution in [0.4, 0.5) is 36.0 Å². The van der Waals surface area contributed by atoms with Crippen molar-refractivity contribution < 1.29 is 27.8 Å². The third-order valence-corrected chi connectivity index (χ3v) is 6.87. The third-order valence-electron chi connectivity index (χ3n) is 6.87. The molecule has 0 radical (unpaired) electrons. The van der Waals surface area contributed by atoms with Crippen LogP contribution in [0, 0.1) is 5.92 Å². The summed E-state index contributed by atoms with van der Waals surface area (Å²) >= 11 is 0. The van der Waals surface area contributed by atoms with E-state index in [1.54, 1.807) is 11.8 Å². The van der Waals surface area contributed by atoms with Gasteiger partial charge in [-0.15, -0.1) is 0 Å². The van der Waals surface area contributed by atoms with E-state index in [0.717, 1.165) is 30.8 Å². The van der Waals surface area contributed by atoms with Gasteiger partial charge >= 0.3 is 12.1 Å². The van der Waals surface area contributed by atoms with Crippen LogP contribution in [0.1, 0.15) is 26.2 Å². The number of hydrogen-bond acceptors (Lipinski definition) is 10. The van der Waals surface area contributed by atoms with Crippen molar-refractivity contribution in [2.24, 2.45) is 5.92 Å². The molecule has 0 aliphatic carbocycles. The zero-order valence-electron chi connectivity index (χ0n) is 22.8. The van der Waals surface area contributed by atoms with Crippen LogP contribution >= 0.6 is 0 Å². The number of amides is 3. The molecule has 2 atom stereocenters. The Balaban J connectivity index is 1.35. The van der Waals surface area contributed by atoms with Crippen molar-refractivity contribution in [1.29, 1.82) is 0 Å². The Morgan fingerprint density at radius 2 is 1.98 bits per heavy atom. The first-order valence-corrected chi connectivity index (χ1v) is 13.2. The predicted molar refractivity (Wildman–Crippen MR) is 143 cm³/mol. The number of nitrogens with one attached hydrogen (secondary N) is 2. The van der Waals surface area contributed by atoms with Crippen LogP contribution < -0.4 is 20.3 Å². The van der Waals surface area contributed by atoms with Gasteiger partial charge in [0.25, 0.3) is 5.92 Å². The number of nitrogens with zero attached hydrogens (tertiary/aromatic N) is 7. The van der Waals surface area contributed by atoms with Crippen LogP contribution in [0.15, 0.2) is 24.7 Å². The number of anilines is 3. The second-order valence-corrected chi connectivity index (χ2v) is 9.92. The summed E-state index contributed by atoms with van der Waals surface area (Å²) in [7, 11) is 3.33. The molecule has 2 aromatic heterocycles. The van der Waals surface area contributed by atoms with Crippen LogP contribution in [0.2, 0.25) is 0 Å². The number of rotatable bonds is 8. The van der Waals surface area contributed by atoms with Gasteiger partial charge in [-0.2, -0.15) is 4.98 Å². The molecule has 15 heteroatoms. The van der Waals surface area contributed by atoms with E-state index in [-0.39, 0.29) is 42.5 Å². The maximum absolute atomic E-state index is 14.9. The molecule has 0 bridgehead atoms. The van der Waals surface area contributed by atoms with E-state index in [1.165, 1.54) is 31.7 Å². The summed E-state index contributed by atoms with van der Waals surface area (Å²) < 4.78 is 40.5. The molecule has 40 heavy (non-hydrogen) atoms. The molecule has 3 amide bonds. The van der Waals surface area contributed by atoms with E-state index in [2.05, 4.69) is 35.5 Å². The number of aromatic nitrogens is 4. The first kappa shape index (κ1) is 29.1. The zero-order valence-corrected chi connectivity index (χ0v) is 22.8. The van der Waals surface area contributed by atoms with Crippen molar-refractivity contribution in [3.05, 3.63) is 24.7 Å². The van der Waals surface area contributed by atoms with E-state index in [9.17, 15) is 18.4 Å². The lowest BCUT2D eigenvalue weighted by atomic mass is 10.00. The average molecular weight is 564 g/mol. The first-order valence-electron chi connectivity index (χ1n) is 13.2. The summed E-state index contributed by atoms with van der Waals surface area (Å²) in [5.74, 6) is -2.16. The SMILES string of the molecule is CCOc1cnc(NC(=O)N(C)[C@H]2CN(c3nccc(NC(=O)OC[C@H]4CCCN(C)C4)n3)CCC2(F)F)cn1. The van der Waals surface area contributed by atoms with Gasteiger partial charge < -0.3 is 24.2 Å². The normalized spacial score (nSPS) is 20.9. The van der Waals surface area contributed by atoms with Gasteiger partial charge in [-0.1, -0.05) is 0 Å². The maximum atomic E-state index is 14.9. The molecular weight excluding hydrogens is 528 g/mol. The Morgan fingerprint density at radius 3 is 2.70 bits per heavy atom. The van der Waals surface area contributed by atoms with Gasteiger partial charge in [-0.05, 0) is 39.4 Å². The number of urea groups is 1. The van der Waals surface area contributed by atoms with Crippen LogP contribution in [0.25, 0.3) is 0 Å². The minimum Gasteiger partial charge on any atom is -0.477 e. The molecule has 2 aromatic rings. The van der Waals surface area contributed by atoms with E-state index >= 15 is 0 Å². The second kappa shape index (κ2) is 13.0. The van der Waals surface area contributed by atoms with Crippen LogP contribution in [-0.4, -0.2) is 107 Å². The van der Waals surface area contributed by atoms with E-state index in [1.807, 2.05) is 7.05 Å². The Kier molecular flexibility index (Phi) is 9.45. The Labute approximate surface area is 231 Å². The number of alkyl halides is 2. The predicted octanol–water partition coefficient (Wildman–Crippen LogP) is 2.93. The lowest BCUT2D eigenvalue weighted by molar-refractivity contribution is -0.0760. The summed E-state index contributed by atoms with van der Waals surface area (Å²) in [6.07, 6.45) is 4.94. The highest BCUT2D eigenvalue weighted by atomic mass is 19.3. The number of carbonyl (C=O) groups is 2. The van der Waals surface area contributed by atoms with E-state index in [4.69, 9.17) is 9.47 Å². The largest absolute Gasteiger partial charge is 0.477 e. The monoisotopic (exact) mass is 563 g/mol. The minimum atomic E-state index is -3.15. The highest BCUT2D eigenvalue weighted by Gasteiger charge is 2.48. The first-order chi connectivity index (χ1) is 19.1. The number of hydrogen-bond donors (Lipinski definition) is 2. The van der Waals surface area contributed by atoms with Crippen molar-refractivity contribution in [3.63, 3.8) is 0 Å². The molecule has 4 rings (SSSR count). The molecule has 13 nitrogen and oxygen atoms in total. The molecular formula is C25H35F2N9O4. The quantitative estimate of drug-likeness (QED) is 0.493. The number of likely N-dealkylation sites (tertiary alicyclic amines) is 1. The zero-order chi connectivity index (χ0) is 28.7. The van der Waals surface area contributed by atoms with Gasteiger partial charge in [0, 0.05) is 45.2 Å². The molecule has 2 aliphatic heterocycles. The smallest absolute Gasteiger partial charge is 0.412 e. The van der Waals surface area contributed by atoms with Crippen molar-refractivity contribution in [1.82, 2.24) is 29.7 Å². The Hall–Kier alpha value is -3.88.